The molecule has 4 heteroatoms. The molecule has 0 aromatic rings. The van der Waals surface area contributed by atoms with Crippen molar-refractivity contribution in [2.24, 2.45) is 0 Å². The Kier molecular flexibility index (Phi) is 25.4. The zero-order chi connectivity index (χ0) is 24.5. The van der Waals surface area contributed by atoms with Crippen LogP contribution in [-0.4, -0.2) is 26.7 Å². The van der Waals surface area contributed by atoms with E-state index in [1.165, 1.54) is 140 Å². The first-order valence-corrected chi connectivity index (χ1v) is 16.5. The molecule has 198 valence electrons. The van der Waals surface area contributed by atoms with Gasteiger partial charge in [0.25, 0.3) is 0 Å². The van der Waals surface area contributed by atoms with Crippen molar-refractivity contribution in [2.75, 3.05) is 11.5 Å². The first kappa shape index (κ1) is 33.2. The van der Waals surface area contributed by atoms with Crippen LogP contribution in [0.1, 0.15) is 162 Å². The van der Waals surface area contributed by atoms with E-state index >= 15 is 0 Å². The monoisotopic (exact) mass is 502 g/mol. The lowest BCUT2D eigenvalue weighted by Crippen LogP contribution is -2.18. The van der Waals surface area contributed by atoms with Crippen LogP contribution < -0.4 is 0 Å². The second-order valence-corrected chi connectivity index (χ2v) is 13.5. The quantitative estimate of drug-likeness (QED) is 0.0895. The highest BCUT2D eigenvalue weighted by atomic mass is 32.2. The van der Waals surface area contributed by atoms with Crippen molar-refractivity contribution >= 4 is 29.5 Å². The molecule has 0 heterocycles. The summed E-state index contributed by atoms with van der Waals surface area (Å²) in [4.78, 5) is 11.1. The summed E-state index contributed by atoms with van der Waals surface area (Å²) in [5.74, 6) is 1.70. The van der Waals surface area contributed by atoms with Crippen LogP contribution in [0.25, 0.3) is 0 Å². The maximum Gasteiger partial charge on any atom is 0.303 e. The number of carbonyl (C=O) groups is 1. The van der Waals surface area contributed by atoms with Crippen LogP contribution in [0.15, 0.2) is 0 Å². The van der Waals surface area contributed by atoms with Crippen LogP contribution in [0, 0.1) is 0 Å². The largest absolute Gasteiger partial charge is 0.481 e. The van der Waals surface area contributed by atoms with Gasteiger partial charge in [0.15, 0.2) is 0 Å². The van der Waals surface area contributed by atoms with Gasteiger partial charge >= 0.3 is 5.97 Å². The molecule has 0 fully saturated rings. The normalized spacial score (nSPS) is 11.8. The summed E-state index contributed by atoms with van der Waals surface area (Å²) >= 11 is 4.05. The third-order valence-corrected chi connectivity index (χ3v) is 9.93. The molecule has 0 saturated heterocycles. The zero-order valence-electron chi connectivity index (χ0n) is 22.6. The molecule has 0 atom stereocenters. The number of hydrogen-bond acceptors (Lipinski definition) is 3. The van der Waals surface area contributed by atoms with Gasteiger partial charge in [-0.25, -0.2) is 0 Å². The minimum absolute atomic E-state index is 0.0664. The Bertz CT molecular complexity index is 388. The summed E-state index contributed by atoms with van der Waals surface area (Å²) in [6.45, 7) is 6.85. The van der Waals surface area contributed by atoms with Gasteiger partial charge in [0.2, 0.25) is 0 Å². The standard InChI is InChI=1S/C29H58O2S2/c1-4-6-8-10-12-14-16-18-20-22-26-32-29(3,25-24-28(30)31)33-27-23-21-19-17-15-13-11-9-7-5-2/h4-27H2,1-3H3,(H,30,31). The van der Waals surface area contributed by atoms with E-state index in [1.54, 1.807) is 0 Å². The van der Waals surface area contributed by atoms with Gasteiger partial charge in [0.1, 0.15) is 0 Å². The van der Waals surface area contributed by atoms with Gasteiger partial charge in [-0.15, -0.1) is 23.5 Å². The number of rotatable bonds is 27. The molecule has 0 amide bonds. The molecule has 1 N–H and O–H groups in total. The molecule has 0 aliphatic heterocycles. The molecule has 0 aliphatic carbocycles. The first-order chi connectivity index (χ1) is 16.0. The van der Waals surface area contributed by atoms with Crippen molar-refractivity contribution in [2.45, 2.75) is 166 Å². The summed E-state index contributed by atoms with van der Waals surface area (Å²) in [6, 6.07) is 0. The van der Waals surface area contributed by atoms with Crippen molar-refractivity contribution < 1.29 is 9.90 Å². The van der Waals surface area contributed by atoms with Crippen molar-refractivity contribution in [1.82, 2.24) is 0 Å². The molecule has 0 aromatic heterocycles. The molecular weight excluding hydrogens is 444 g/mol. The predicted octanol–water partition coefficient (Wildman–Crippen LogP) is 10.9. The Labute approximate surface area is 216 Å². The van der Waals surface area contributed by atoms with Crippen molar-refractivity contribution in [3.8, 4) is 0 Å². The highest BCUT2D eigenvalue weighted by Crippen LogP contribution is 2.42. The third kappa shape index (κ3) is 25.1. The van der Waals surface area contributed by atoms with E-state index in [0.717, 1.165) is 6.42 Å². The van der Waals surface area contributed by atoms with Gasteiger partial charge in [0, 0.05) is 6.42 Å². The second kappa shape index (κ2) is 25.3. The summed E-state index contributed by atoms with van der Waals surface area (Å²) in [6.07, 6.45) is 28.6. The van der Waals surface area contributed by atoms with Crippen LogP contribution >= 0.6 is 23.5 Å². The fraction of sp³-hybridized carbons (Fsp3) is 0.966. The first-order valence-electron chi connectivity index (χ1n) is 14.5. The minimum Gasteiger partial charge on any atom is -0.481 e. The molecule has 0 unspecified atom stereocenters. The lowest BCUT2D eigenvalue weighted by molar-refractivity contribution is -0.137. The van der Waals surface area contributed by atoms with E-state index < -0.39 is 5.97 Å². The van der Waals surface area contributed by atoms with Gasteiger partial charge in [-0.1, -0.05) is 129 Å². The van der Waals surface area contributed by atoms with Gasteiger partial charge in [0.05, 0.1) is 4.08 Å². The Morgan fingerprint density at radius 2 is 0.879 bits per heavy atom. The van der Waals surface area contributed by atoms with E-state index in [-0.39, 0.29) is 4.08 Å². The third-order valence-electron chi connectivity index (χ3n) is 6.60. The van der Waals surface area contributed by atoms with Crippen molar-refractivity contribution in [3.63, 3.8) is 0 Å². The van der Waals surface area contributed by atoms with Crippen LogP contribution in [0.3, 0.4) is 0 Å². The van der Waals surface area contributed by atoms with Crippen molar-refractivity contribution in [1.29, 1.82) is 0 Å². The lowest BCUT2D eigenvalue weighted by Gasteiger charge is -2.28. The second-order valence-electron chi connectivity index (χ2n) is 10.1. The molecule has 0 saturated carbocycles. The molecule has 2 nitrogen and oxygen atoms in total. The molecule has 0 aromatic carbocycles. The smallest absolute Gasteiger partial charge is 0.303 e. The average molecular weight is 503 g/mol. The topological polar surface area (TPSA) is 37.3 Å². The van der Waals surface area contributed by atoms with Gasteiger partial charge in [-0.05, 0) is 37.7 Å². The SMILES string of the molecule is CCCCCCCCCCCCSC(C)(CCC(=O)O)SCCCCCCCCCCCC. The Morgan fingerprint density at radius 1 is 0.576 bits per heavy atom. The molecule has 0 bridgehead atoms. The molecule has 0 rings (SSSR count). The molecule has 0 aliphatic rings. The Hall–Kier alpha value is 0.170. The van der Waals surface area contributed by atoms with E-state index in [0.29, 0.717) is 6.42 Å². The number of unbranched alkanes of at least 4 members (excludes halogenated alkanes) is 18. The van der Waals surface area contributed by atoms with Crippen LogP contribution in [0.5, 0.6) is 0 Å². The summed E-state index contributed by atoms with van der Waals surface area (Å²) in [7, 11) is 0. The van der Waals surface area contributed by atoms with E-state index in [4.69, 9.17) is 0 Å². The van der Waals surface area contributed by atoms with E-state index in [1.807, 2.05) is 23.5 Å². The summed E-state index contributed by atoms with van der Waals surface area (Å²) in [5, 5.41) is 9.18. The average Bonchev–Trinajstić information content (AvgIpc) is 2.80. The molecular formula is C29H58O2S2. The van der Waals surface area contributed by atoms with E-state index in [9.17, 15) is 9.90 Å². The highest BCUT2D eigenvalue weighted by molar-refractivity contribution is 8.18. The highest BCUT2D eigenvalue weighted by Gasteiger charge is 2.25. The molecule has 33 heavy (non-hydrogen) atoms. The van der Waals surface area contributed by atoms with E-state index in [2.05, 4.69) is 20.8 Å². The summed E-state index contributed by atoms with van der Waals surface area (Å²) < 4.78 is 0.0664. The van der Waals surface area contributed by atoms with Gasteiger partial charge in [-0.3, -0.25) is 4.79 Å². The number of carboxylic acids is 1. The van der Waals surface area contributed by atoms with Crippen molar-refractivity contribution in [3.05, 3.63) is 0 Å². The van der Waals surface area contributed by atoms with Crippen LogP contribution in [-0.2, 0) is 4.79 Å². The zero-order valence-corrected chi connectivity index (χ0v) is 24.3. The lowest BCUT2D eigenvalue weighted by atomic mass is 10.1. The molecule has 0 radical (unpaired) electrons. The van der Waals surface area contributed by atoms with Crippen LogP contribution in [0.4, 0.5) is 0 Å². The Morgan fingerprint density at radius 3 is 1.18 bits per heavy atom. The fourth-order valence-electron chi connectivity index (χ4n) is 4.28. The molecule has 0 spiro atoms. The summed E-state index contributed by atoms with van der Waals surface area (Å²) in [5.41, 5.74) is 0. The predicted molar refractivity (Wildman–Crippen MR) is 154 cm³/mol. The maximum atomic E-state index is 11.1. The number of aliphatic carboxylic acids is 1. The van der Waals surface area contributed by atoms with Gasteiger partial charge in [-0.2, -0.15) is 0 Å². The number of carboxylic acid groups (broad SMARTS) is 1. The Balaban J connectivity index is 3.82. The number of hydrogen-bond donors (Lipinski definition) is 1. The van der Waals surface area contributed by atoms with Gasteiger partial charge < -0.3 is 5.11 Å². The fourth-order valence-corrected chi connectivity index (χ4v) is 7.16. The minimum atomic E-state index is -0.653. The number of thioether (sulfide) groups is 2. The van der Waals surface area contributed by atoms with Crippen LogP contribution in [0.2, 0.25) is 0 Å². The maximum absolute atomic E-state index is 11.1.